The fourth-order valence-corrected chi connectivity index (χ4v) is 2.87. The van der Waals surface area contributed by atoms with Crippen molar-refractivity contribution in [3.63, 3.8) is 0 Å². The Labute approximate surface area is 139 Å². The Morgan fingerprint density at radius 3 is 2.24 bits per heavy atom. The molecule has 0 aliphatic carbocycles. The predicted molar refractivity (Wildman–Crippen MR) is 80.9 cm³/mol. The Balaban J connectivity index is 2.39. The van der Waals surface area contributed by atoms with Gasteiger partial charge < -0.3 is 0 Å². The molecular weight excluding hydrogens is 364 g/mol. The number of carbonyl (C=O) groups excluding carboxylic acids is 1. The molecule has 0 fully saturated rings. The zero-order chi connectivity index (χ0) is 15.7. The van der Waals surface area contributed by atoms with Crippen molar-refractivity contribution in [1.82, 2.24) is 0 Å². The molecule has 110 valence electrons. The first-order valence-electron chi connectivity index (χ1n) is 5.61. The van der Waals surface area contributed by atoms with Crippen LogP contribution in [0.1, 0.15) is 15.9 Å². The molecule has 0 N–H and O–H groups in total. The second-order valence-electron chi connectivity index (χ2n) is 4.18. The molecule has 0 bridgehead atoms. The quantitative estimate of drug-likeness (QED) is 0.368. The van der Waals surface area contributed by atoms with Crippen LogP contribution < -0.4 is 0 Å². The van der Waals surface area contributed by atoms with E-state index in [9.17, 15) is 13.6 Å². The number of ketones is 1. The van der Waals surface area contributed by atoms with E-state index < -0.39 is 17.4 Å². The highest BCUT2D eigenvalue weighted by Gasteiger charge is 2.21. The lowest BCUT2D eigenvalue weighted by Gasteiger charge is -2.09. The Bertz CT molecular complexity index is 731. The van der Waals surface area contributed by atoms with Crippen LogP contribution in [0.5, 0.6) is 0 Å². The number of benzene rings is 2. The maximum atomic E-state index is 13.6. The van der Waals surface area contributed by atoms with E-state index in [-0.39, 0.29) is 37.6 Å². The van der Waals surface area contributed by atoms with E-state index in [0.717, 1.165) is 6.07 Å². The maximum absolute atomic E-state index is 13.6. The van der Waals surface area contributed by atoms with E-state index in [0.29, 0.717) is 6.07 Å². The molecule has 21 heavy (non-hydrogen) atoms. The number of halogens is 6. The van der Waals surface area contributed by atoms with Gasteiger partial charge in [0, 0.05) is 12.5 Å². The summed E-state index contributed by atoms with van der Waals surface area (Å²) in [6, 6.07) is 4.22. The predicted octanol–water partition coefficient (Wildman–Crippen LogP) is 6.00. The van der Waals surface area contributed by atoms with Crippen molar-refractivity contribution in [2.24, 2.45) is 0 Å². The lowest BCUT2D eigenvalue weighted by molar-refractivity contribution is 0.0992. The van der Waals surface area contributed by atoms with Gasteiger partial charge in [0.2, 0.25) is 0 Å². The van der Waals surface area contributed by atoms with Crippen molar-refractivity contribution < 1.29 is 13.6 Å². The Morgan fingerprint density at radius 2 is 1.62 bits per heavy atom. The normalized spacial score (nSPS) is 10.8. The lowest BCUT2D eigenvalue weighted by Crippen LogP contribution is -2.07. The van der Waals surface area contributed by atoms with Gasteiger partial charge in [-0.2, -0.15) is 0 Å². The first-order valence-corrected chi connectivity index (χ1v) is 7.12. The average molecular weight is 370 g/mol. The third-order valence-corrected chi connectivity index (χ3v) is 4.32. The summed E-state index contributed by atoms with van der Waals surface area (Å²) in [6.07, 6.45) is -0.330. The van der Waals surface area contributed by atoms with Gasteiger partial charge in [0.25, 0.3) is 0 Å². The molecular formula is C14H6Cl4F2O. The second-order valence-corrected chi connectivity index (χ2v) is 5.75. The molecule has 0 aliphatic heterocycles. The van der Waals surface area contributed by atoms with E-state index in [1.54, 1.807) is 0 Å². The van der Waals surface area contributed by atoms with Gasteiger partial charge in [0.1, 0.15) is 11.6 Å². The van der Waals surface area contributed by atoms with Crippen molar-refractivity contribution >= 4 is 52.2 Å². The summed E-state index contributed by atoms with van der Waals surface area (Å²) in [5.74, 6) is -2.10. The first kappa shape index (κ1) is 16.5. The molecule has 0 saturated carbocycles. The van der Waals surface area contributed by atoms with Crippen LogP contribution in [-0.4, -0.2) is 5.78 Å². The van der Waals surface area contributed by atoms with Crippen LogP contribution in [0.25, 0.3) is 0 Å². The highest BCUT2D eigenvalue weighted by Crippen LogP contribution is 2.38. The van der Waals surface area contributed by atoms with Crippen LogP contribution in [0.3, 0.4) is 0 Å². The fraction of sp³-hybridized carbons (Fsp3) is 0.0714. The molecule has 0 unspecified atom stereocenters. The Kier molecular flexibility index (Phi) is 5.10. The SMILES string of the molecule is O=C(Cc1ccc(F)cc1F)c1c(Cl)cc(Cl)c(Cl)c1Cl. The third-order valence-electron chi connectivity index (χ3n) is 2.76. The molecule has 1 nitrogen and oxygen atoms in total. The topological polar surface area (TPSA) is 17.1 Å². The van der Waals surface area contributed by atoms with Crippen LogP contribution in [-0.2, 0) is 6.42 Å². The smallest absolute Gasteiger partial charge is 0.170 e. The minimum Gasteiger partial charge on any atom is -0.294 e. The molecule has 7 heteroatoms. The van der Waals surface area contributed by atoms with Crippen molar-refractivity contribution in [3.8, 4) is 0 Å². The summed E-state index contributed by atoms with van der Waals surface area (Å²) in [4.78, 5) is 12.2. The molecule has 2 aromatic rings. The zero-order valence-electron chi connectivity index (χ0n) is 10.2. The molecule has 0 aliphatic rings. The molecule has 0 heterocycles. The molecule has 0 spiro atoms. The van der Waals surface area contributed by atoms with Gasteiger partial charge in [0.05, 0.1) is 25.7 Å². The van der Waals surface area contributed by atoms with Gasteiger partial charge >= 0.3 is 0 Å². The summed E-state index contributed by atoms with van der Waals surface area (Å²) in [7, 11) is 0. The average Bonchev–Trinajstić information content (AvgIpc) is 2.39. The summed E-state index contributed by atoms with van der Waals surface area (Å²) in [5.41, 5.74) is -0.0175. The Morgan fingerprint density at radius 1 is 0.952 bits per heavy atom. The highest BCUT2D eigenvalue weighted by molar-refractivity contribution is 6.51. The monoisotopic (exact) mass is 368 g/mol. The van der Waals surface area contributed by atoms with Gasteiger partial charge in [-0.1, -0.05) is 52.5 Å². The number of hydrogen-bond acceptors (Lipinski definition) is 1. The first-order chi connectivity index (χ1) is 9.81. The highest BCUT2D eigenvalue weighted by atomic mass is 35.5. The number of rotatable bonds is 3. The maximum Gasteiger partial charge on any atom is 0.170 e. The van der Waals surface area contributed by atoms with Crippen molar-refractivity contribution in [2.75, 3.05) is 0 Å². The van der Waals surface area contributed by atoms with Gasteiger partial charge in [-0.25, -0.2) is 8.78 Å². The fourth-order valence-electron chi connectivity index (χ4n) is 1.75. The molecule has 0 amide bonds. The molecule has 2 rings (SSSR count). The Hall–Kier alpha value is -0.870. The lowest BCUT2D eigenvalue weighted by atomic mass is 10.0. The van der Waals surface area contributed by atoms with Gasteiger partial charge in [-0.15, -0.1) is 0 Å². The second kappa shape index (κ2) is 6.49. The third kappa shape index (κ3) is 3.49. The van der Waals surface area contributed by atoms with Crippen LogP contribution >= 0.6 is 46.4 Å². The molecule has 0 saturated heterocycles. The summed E-state index contributed by atoms with van der Waals surface area (Å²) >= 11 is 23.5. The van der Waals surface area contributed by atoms with Gasteiger partial charge in [0.15, 0.2) is 5.78 Å². The number of Topliss-reactive ketones (excluding diaryl/α,β-unsaturated/α-hetero) is 1. The van der Waals surface area contributed by atoms with Crippen LogP contribution in [0.2, 0.25) is 20.1 Å². The van der Waals surface area contributed by atoms with E-state index in [2.05, 4.69) is 0 Å². The molecule has 0 radical (unpaired) electrons. The van der Waals surface area contributed by atoms with E-state index >= 15 is 0 Å². The number of carbonyl (C=O) groups is 1. The summed E-state index contributed by atoms with van der Waals surface area (Å²) in [5, 5.41) is 0.0189. The minimum atomic E-state index is -0.823. The largest absolute Gasteiger partial charge is 0.294 e. The van der Waals surface area contributed by atoms with Crippen molar-refractivity contribution in [1.29, 1.82) is 0 Å². The summed E-state index contributed by atoms with van der Waals surface area (Å²) < 4.78 is 26.4. The summed E-state index contributed by atoms with van der Waals surface area (Å²) in [6.45, 7) is 0. The van der Waals surface area contributed by atoms with Crippen LogP contribution in [0.4, 0.5) is 8.78 Å². The minimum absolute atomic E-state index is 0.00865. The van der Waals surface area contributed by atoms with Crippen LogP contribution in [0.15, 0.2) is 24.3 Å². The van der Waals surface area contributed by atoms with Crippen LogP contribution in [0, 0.1) is 11.6 Å². The van der Waals surface area contributed by atoms with E-state index in [4.69, 9.17) is 46.4 Å². The van der Waals surface area contributed by atoms with E-state index in [1.807, 2.05) is 0 Å². The van der Waals surface area contributed by atoms with Crippen molar-refractivity contribution in [2.45, 2.75) is 6.42 Å². The van der Waals surface area contributed by atoms with Crippen molar-refractivity contribution in [3.05, 3.63) is 67.1 Å². The standard InChI is InChI=1S/C14H6Cl4F2O/c15-8-5-9(16)13(17)14(18)12(8)11(21)3-6-1-2-7(19)4-10(6)20/h1-2,4-5H,3H2. The number of hydrogen-bond donors (Lipinski definition) is 0. The molecule has 0 atom stereocenters. The molecule has 0 aromatic heterocycles. The molecule has 2 aromatic carbocycles. The van der Waals surface area contributed by atoms with Gasteiger partial charge in [-0.3, -0.25) is 4.79 Å². The van der Waals surface area contributed by atoms with E-state index in [1.165, 1.54) is 12.1 Å². The van der Waals surface area contributed by atoms with Gasteiger partial charge in [-0.05, 0) is 17.7 Å². The zero-order valence-corrected chi connectivity index (χ0v) is 13.2.